The SMILES string of the molecule is C=CC(=O)N1CN(C(=O)C=C)CN(C(=O)CCSCC(=O)N[C@H](C(=O)C[C@@H](CCCNC(N)=O)C(=O)Nc2ccc(CO)cc2)C(C)C)C1.C=CC(=O)N1CN(C(=O)C=C)CN(C(=O)CCSCC(=O)O)C1.CC(C)[C@H](N)C(=O)C[C@@H](CCCNC(N)=O)C(=O)Nc1ccc(CO)cc1. The Balaban J connectivity index is 0.000000559. The van der Waals surface area contributed by atoms with Crippen molar-refractivity contribution in [2.75, 3.05) is 86.7 Å². The minimum Gasteiger partial charge on any atom is -0.481 e. The Morgan fingerprint density at radius 3 is 1.17 bits per heavy atom. The maximum atomic E-state index is 13.5. The third-order valence-corrected chi connectivity index (χ3v) is 16.9. The van der Waals surface area contributed by atoms with Gasteiger partial charge >= 0.3 is 18.0 Å². The number of carboxylic acids is 1. The van der Waals surface area contributed by atoms with Crippen LogP contribution in [0, 0.1) is 23.7 Å². The molecule has 2 saturated heterocycles. The summed E-state index contributed by atoms with van der Waals surface area (Å²) in [4.78, 5) is 178. The fraction of sp³-hybridized carbons (Fsp3) is 0.485. The number of aliphatic hydroxyl groups excluding tert-OH is 2. The summed E-state index contributed by atoms with van der Waals surface area (Å²) in [5.41, 5.74) is 18.6. The van der Waals surface area contributed by atoms with Crippen LogP contribution in [-0.2, 0) is 70.7 Å². The molecule has 33 heteroatoms. The number of amides is 13. The monoisotopic (exact) mass is 1420 g/mol. The van der Waals surface area contributed by atoms with Crippen molar-refractivity contribution in [3.05, 3.63) is 110 Å². The number of rotatable bonds is 37. The van der Waals surface area contributed by atoms with Gasteiger partial charge in [-0.05, 0) is 97.2 Å². The molecule has 99 heavy (non-hydrogen) atoms. The number of nitrogens with one attached hydrogen (secondary N) is 5. The van der Waals surface area contributed by atoms with E-state index in [0.717, 1.165) is 41.6 Å². The number of nitrogens with zero attached hydrogens (tertiary/aromatic N) is 6. The minimum atomic E-state index is -0.939. The van der Waals surface area contributed by atoms with Gasteiger partial charge in [-0.2, -0.15) is 11.8 Å². The predicted molar refractivity (Wildman–Crippen MR) is 374 cm³/mol. The predicted octanol–water partition coefficient (Wildman–Crippen LogP) is 2.21. The van der Waals surface area contributed by atoms with E-state index in [1.54, 1.807) is 62.4 Å². The molecule has 544 valence electrons. The minimum absolute atomic E-state index is 0.00127. The molecule has 0 aromatic heterocycles. The van der Waals surface area contributed by atoms with E-state index >= 15 is 0 Å². The molecule has 0 saturated carbocycles. The number of aliphatic carboxylic acids is 1. The van der Waals surface area contributed by atoms with Crippen molar-refractivity contribution in [1.82, 2.24) is 45.3 Å². The Morgan fingerprint density at radius 1 is 0.515 bits per heavy atom. The van der Waals surface area contributed by atoms with Crippen LogP contribution in [-0.4, -0.2) is 216 Å². The van der Waals surface area contributed by atoms with E-state index in [0.29, 0.717) is 48.5 Å². The van der Waals surface area contributed by atoms with Crippen molar-refractivity contribution < 1.29 is 82.4 Å². The zero-order valence-electron chi connectivity index (χ0n) is 56.6. The van der Waals surface area contributed by atoms with Crippen molar-refractivity contribution in [3.63, 3.8) is 0 Å². The first-order valence-electron chi connectivity index (χ1n) is 31.7. The Kier molecular flexibility index (Phi) is 39.8. The number of urea groups is 2. The smallest absolute Gasteiger partial charge is 0.313 e. The van der Waals surface area contributed by atoms with Crippen molar-refractivity contribution in [2.24, 2.45) is 40.9 Å². The molecule has 14 N–H and O–H groups in total. The molecule has 0 aliphatic carbocycles. The van der Waals surface area contributed by atoms with Gasteiger partial charge in [-0.25, -0.2) is 9.59 Å². The zero-order chi connectivity index (χ0) is 74.3. The fourth-order valence-corrected chi connectivity index (χ4v) is 10.8. The number of ketones is 2. The summed E-state index contributed by atoms with van der Waals surface area (Å²) in [6.07, 6.45) is 6.07. The van der Waals surface area contributed by atoms with Crippen molar-refractivity contribution in [2.45, 2.75) is 104 Å². The average Bonchev–Trinajstić information content (AvgIpc) is 0.843. The second kappa shape index (κ2) is 45.9. The van der Waals surface area contributed by atoms with Gasteiger partial charge in [0.05, 0.1) is 76.8 Å². The highest BCUT2D eigenvalue weighted by molar-refractivity contribution is 8.00. The Bertz CT molecular complexity index is 3080. The molecule has 2 fully saturated rings. The summed E-state index contributed by atoms with van der Waals surface area (Å²) < 4.78 is 0. The lowest BCUT2D eigenvalue weighted by Crippen LogP contribution is -2.59. The molecule has 2 aromatic carbocycles. The summed E-state index contributed by atoms with van der Waals surface area (Å²) in [7, 11) is 0. The van der Waals surface area contributed by atoms with E-state index in [2.05, 4.69) is 52.9 Å². The van der Waals surface area contributed by atoms with E-state index in [1.165, 1.54) is 41.2 Å². The van der Waals surface area contributed by atoms with Crippen LogP contribution < -0.4 is 43.8 Å². The lowest BCUT2D eigenvalue weighted by molar-refractivity contribution is -0.156. The zero-order valence-corrected chi connectivity index (χ0v) is 58.2. The van der Waals surface area contributed by atoms with Gasteiger partial charge in [-0.1, -0.05) is 78.3 Å². The molecule has 2 aliphatic rings. The number of anilines is 2. The summed E-state index contributed by atoms with van der Waals surface area (Å²) >= 11 is 2.33. The Hall–Kier alpha value is -9.44. The number of hydrogen-bond donors (Lipinski definition) is 11. The van der Waals surface area contributed by atoms with E-state index in [9.17, 15) is 72.2 Å². The van der Waals surface area contributed by atoms with Crippen LogP contribution >= 0.6 is 23.5 Å². The molecule has 0 spiro atoms. The molecule has 13 amide bonds. The molecule has 0 radical (unpaired) electrons. The third kappa shape index (κ3) is 32.6. The van der Waals surface area contributed by atoms with Crippen LogP contribution in [0.1, 0.15) is 90.2 Å². The van der Waals surface area contributed by atoms with Gasteiger partial charge < -0.3 is 88.5 Å². The highest BCUT2D eigenvalue weighted by atomic mass is 32.2. The maximum absolute atomic E-state index is 13.5. The van der Waals surface area contributed by atoms with E-state index in [-0.39, 0.29) is 162 Å². The van der Waals surface area contributed by atoms with E-state index in [4.69, 9.17) is 27.4 Å². The maximum Gasteiger partial charge on any atom is 0.313 e. The first kappa shape index (κ1) is 85.6. The van der Waals surface area contributed by atoms with E-state index in [1.807, 2.05) is 13.8 Å². The lowest BCUT2D eigenvalue weighted by atomic mass is 9.89. The van der Waals surface area contributed by atoms with Crippen LogP contribution in [0.2, 0.25) is 0 Å². The number of carbonyl (C=O) groups is 14. The normalized spacial score (nSPS) is 13.8. The largest absolute Gasteiger partial charge is 0.481 e. The first-order chi connectivity index (χ1) is 46.9. The van der Waals surface area contributed by atoms with Crippen LogP contribution in [0.5, 0.6) is 0 Å². The number of carbonyl (C=O) groups excluding carboxylic acids is 13. The second-order valence-corrected chi connectivity index (χ2v) is 25.6. The van der Waals surface area contributed by atoms with Crippen LogP contribution in [0.15, 0.2) is 99.2 Å². The van der Waals surface area contributed by atoms with Gasteiger partial charge in [0.25, 0.3) is 0 Å². The van der Waals surface area contributed by atoms with Gasteiger partial charge in [-0.3, -0.25) is 57.5 Å². The number of nitrogens with two attached hydrogens (primary N) is 3. The van der Waals surface area contributed by atoms with Gasteiger partial charge in [-0.15, -0.1) is 11.8 Å². The molecule has 31 nitrogen and oxygen atoms in total. The topological polar surface area (TPSA) is 457 Å². The first-order valence-corrected chi connectivity index (χ1v) is 34.0. The lowest BCUT2D eigenvalue weighted by Gasteiger charge is -2.41. The average molecular weight is 1420 g/mol. The number of aliphatic hydroxyl groups is 2. The van der Waals surface area contributed by atoms with Gasteiger partial charge in [0.15, 0.2) is 11.6 Å². The number of hydrogen-bond acceptors (Lipinski definition) is 19. The molecule has 2 aliphatic heterocycles. The summed E-state index contributed by atoms with van der Waals surface area (Å²) in [5, 5.41) is 40.2. The standard InChI is InChI=1S/C33H47N7O8S.C19H30N4O4.C14H19N3O5S/c1-5-28(44)38-19-39(29(45)6-2)21-40(20-38)30(46)13-15-49-18-27(43)37-31(22(3)4)26(42)16-24(8-7-14-35-33(34)48)32(47)36-25-11-9-23(17-41)10-12-25;1-12(2)17(20)16(25)10-14(4-3-9-22-19(21)27)18(26)23-15-7-5-13(11-24)6-8-15;1-3-11(18)15-8-16(12(19)4-2)10-17(9-15)13(20)5-6-23-7-14(21)22/h5-6,9-12,22,24,31,41H,1-2,7-8,13-21H2,3-4H3,(H,36,47)(H,37,43)(H3,34,35,48);5-8,12,14,17,24H,3-4,9-11,20H2,1-2H3,(H,23,26)(H3,21,22,27);3-4H,1-2,5-10H2,(H,21,22)/t24-,31+;14-,17+;/m11./s1. The molecule has 4 rings (SSSR count). The second-order valence-electron chi connectivity index (χ2n) is 23.4. The molecular weight excluding hydrogens is 1320 g/mol. The molecule has 0 unspecified atom stereocenters. The van der Waals surface area contributed by atoms with Gasteiger partial charge in [0.2, 0.25) is 53.2 Å². The fourth-order valence-electron chi connectivity index (χ4n) is 9.46. The highest BCUT2D eigenvalue weighted by Gasteiger charge is 2.34. The molecule has 0 bridgehead atoms. The summed E-state index contributed by atoms with van der Waals surface area (Å²) in [6, 6.07) is 10.6. The number of benzene rings is 2. The van der Waals surface area contributed by atoms with Crippen LogP contribution in [0.4, 0.5) is 21.0 Å². The third-order valence-electron chi connectivity index (χ3n) is 15.0. The van der Waals surface area contributed by atoms with Gasteiger partial charge in [0.1, 0.15) is 0 Å². The highest BCUT2D eigenvalue weighted by Crippen LogP contribution is 2.22. The molecule has 4 atom stereocenters. The van der Waals surface area contributed by atoms with Gasteiger partial charge in [0, 0.05) is 73.5 Å². The van der Waals surface area contributed by atoms with Crippen molar-refractivity contribution >= 4 is 118 Å². The molecular formula is C66H96N14O17S2. The number of carboxylic acid groups (broad SMARTS) is 1. The molecule has 2 aromatic rings. The Labute approximate surface area is 585 Å². The van der Waals surface area contributed by atoms with Crippen molar-refractivity contribution in [3.8, 4) is 0 Å². The number of thioether (sulfide) groups is 2. The Morgan fingerprint density at radius 2 is 0.859 bits per heavy atom. The summed E-state index contributed by atoms with van der Waals surface area (Å²) in [6.45, 7) is 21.5. The molecule has 2 heterocycles. The quantitative estimate of drug-likeness (QED) is 0.0341. The summed E-state index contributed by atoms with van der Waals surface area (Å²) in [5.74, 6) is -5.82. The van der Waals surface area contributed by atoms with Crippen LogP contribution in [0.3, 0.4) is 0 Å². The van der Waals surface area contributed by atoms with Crippen molar-refractivity contribution in [1.29, 1.82) is 0 Å². The number of Topliss-reactive ketones (excluding diaryl/α,β-unsaturated/α-hetero) is 2. The number of primary amides is 2. The van der Waals surface area contributed by atoms with Crippen LogP contribution in [0.25, 0.3) is 0 Å². The van der Waals surface area contributed by atoms with E-state index < -0.39 is 65.6 Å².